The van der Waals surface area contributed by atoms with Gasteiger partial charge in [-0.1, -0.05) is 12.1 Å². The van der Waals surface area contributed by atoms with E-state index >= 15 is 0 Å². The zero-order valence-electron chi connectivity index (χ0n) is 9.77. The molecule has 0 amide bonds. The van der Waals surface area contributed by atoms with E-state index < -0.39 is 0 Å². The van der Waals surface area contributed by atoms with E-state index in [-0.39, 0.29) is 5.82 Å². The molecule has 5 heteroatoms. The van der Waals surface area contributed by atoms with Gasteiger partial charge in [0, 0.05) is 13.6 Å². The van der Waals surface area contributed by atoms with Gasteiger partial charge in [-0.25, -0.2) is 4.39 Å². The summed E-state index contributed by atoms with van der Waals surface area (Å²) in [5.41, 5.74) is 1.22. The van der Waals surface area contributed by atoms with Crippen molar-refractivity contribution in [3.8, 4) is 0 Å². The predicted octanol–water partition coefficient (Wildman–Crippen LogP) is 2.30. The van der Waals surface area contributed by atoms with Crippen LogP contribution in [0.25, 0.3) is 0 Å². The van der Waals surface area contributed by atoms with Crippen molar-refractivity contribution in [3.63, 3.8) is 0 Å². The Balaban J connectivity index is 2.24. The Morgan fingerprint density at radius 2 is 2.18 bits per heavy atom. The molecule has 0 saturated heterocycles. The molecule has 0 aliphatic heterocycles. The van der Waals surface area contributed by atoms with E-state index in [4.69, 9.17) is 4.42 Å². The SMILES string of the molecule is CNCc1coc(N(C)c2ccccc2F)n1. The minimum Gasteiger partial charge on any atom is -0.431 e. The second kappa shape index (κ2) is 4.97. The van der Waals surface area contributed by atoms with Crippen LogP contribution in [0.1, 0.15) is 5.69 Å². The van der Waals surface area contributed by atoms with Crippen molar-refractivity contribution in [1.82, 2.24) is 10.3 Å². The lowest BCUT2D eigenvalue weighted by molar-refractivity contribution is 0.553. The summed E-state index contributed by atoms with van der Waals surface area (Å²) in [5.74, 6) is -0.302. The second-order valence-corrected chi connectivity index (χ2v) is 3.66. The van der Waals surface area contributed by atoms with Crippen LogP contribution in [0.3, 0.4) is 0 Å². The highest BCUT2D eigenvalue weighted by atomic mass is 19.1. The number of nitrogens with zero attached hydrogens (tertiary/aromatic N) is 2. The molecule has 0 aliphatic rings. The average molecular weight is 235 g/mol. The Bertz CT molecular complexity index is 498. The Morgan fingerprint density at radius 1 is 1.41 bits per heavy atom. The van der Waals surface area contributed by atoms with Crippen molar-refractivity contribution in [1.29, 1.82) is 0 Å². The lowest BCUT2D eigenvalue weighted by atomic mass is 10.3. The molecule has 0 atom stereocenters. The maximum atomic E-state index is 13.6. The molecule has 0 spiro atoms. The summed E-state index contributed by atoms with van der Waals surface area (Å²) in [7, 11) is 3.54. The third-order valence-electron chi connectivity index (χ3n) is 2.40. The quantitative estimate of drug-likeness (QED) is 0.882. The minimum atomic E-state index is -0.302. The normalized spacial score (nSPS) is 10.5. The van der Waals surface area contributed by atoms with Gasteiger partial charge < -0.3 is 9.73 Å². The molecular weight excluding hydrogens is 221 g/mol. The van der Waals surface area contributed by atoms with E-state index in [1.54, 1.807) is 36.4 Å². The van der Waals surface area contributed by atoms with Crippen LogP contribution >= 0.6 is 0 Å². The summed E-state index contributed by atoms with van der Waals surface area (Å²) in [4.78, 5) is 5.83. The maximum Gasteiger partial charge on any atom is 0.301 e. The number of hydrogen-bond donors (Lipinski definition) is 1. The van der Waals surface area contributed by atoms with Gasteiger partial charge in [0.2, 0.25) is 0 Å². The van der Waals surface area contributed by atoms with Gasteiger partial charge >= 0.3 is 6.01 Å². The smallest absolute Gasteiger partial charge is 0.301 e. The van der Waals surface area contributed by atoms with Gasteiger partial charge in [-0.05, 0) is 19.2 Å². The van der Waals surface area contributed by atoms with Crippen molar-refractivity contribution < 1.29 is 8.81 Å². The lowest BCUT2D eigenvalue weighted by Gasteiger charge is -2.14. The van der Waals surface area contributed by atoms with Crippen LogP contribution in [0.5, 0.6) is 0 Å². The van der Waals surface area contributed by atoms with Gasteiger partial charge in [0.1, 0.15) is 12.1 Å². The summed E-state index contributed by atoms with van der Waals surface area (Å²) < 4.78 is 18.9. The van der Waals surface area contributed by atoms with Gasteiger partial charge in [-0.2, -0.15) is 4.98 Å². The Kier molecular flexibility index (Phi) is 3.39. The van der Waals surface area contributed by atoms with E-state index in [1.807, 2.05) is 7.05 Å². The fourth-order valence-corrected chi connectivity index (χ4v) is 1.54. The first-order chi connectivity index (χ1) is 8.22. The topological polar surface area (TPSA) is 41.3 Å². The first-order valence-corrected chi connectivity index (χ1v) is 5.29. The van der Waals surface area contributed by atoms with Gasteiger partial charge in [-0.3, -0.25) is 4.90 Å². The lowest BCUT2D eigenvalue weighted by Crippen LogP contribution is -2.12. The largest absolute Gasteiger partial charge is 0.431 e. The number of anilines is 2. The molecule has 90 valence electrons. The first kappa shape index (κ1) is 11.6. The average Bonchev–Trinajstić information content (AvgIpc) is 2.78. The minimum absolute atomic E-state index is 0.302. The Hall–Kier alpha value is -1.88. The molecule has 1 N–H and O–H groups in total. The van der Waals surface area contributed by atoms with Crippen molar-refractivity contribution in [2.24, 2.45) is 0 Å². The number of hydrogen-bond acceptors (Lipinski definition) is 4. The summed E-state index contributed by atoms with van der Waals surface area (Å²) in [6, 6.07) is 6.88. The van der Waals surface area contributed by atoms with Gasteiger partial charge in [-0.15, -0.1) is 0 Å². The highest BCUT2D eigenvalue weighted by molar-refractivity contribution is 5.55. The molecule has 2 rings (SSSR count). The standard InChI is InChI=1S/C12H14FN3O/c1-14-7-9-8-17-12(15-9)16(2)11-6-4-3-5-10(11)13/h3-6,8,14H,7H2,1-2H3. The summed E-state index contributed by atoms with van der Waals surface area (Å²) in [5, 5.41) is 2.97. The van der Waals surface area contributed by atoms with Gasteiger partial charge in [0.05, 0.1) is 11.4 Å². The number of oxazole rings is 1. The molecule has 1 heterocycles. The summed E-state index contributed by atoms with van der Waals surface area (Å²) in [6.07, 6.45) is 1.56. The molecule has 17 heavy (non-hydrogen) atoms. The number of halogens is 1. The van der Waals surface area contributed by atoms with Crippen molar-refractivity contribution >= 4 is 11.7 Å². The maximum absolute atomic E-state index is 13.6. The fourth-order valence-electron chi connectivity index (χ4n) is 1.54. The number of benzene rings is 1. The highest BCUT2D eigenvalue weighted by Crippen LogP contribution is 2.25. The van der Waals surface area contributed by atoms with E-state index in [0.29, 0.717) is 18.2 Å². The molecule has 0 bridgehead atoms. The van der Waals surface area contributed by atoms with Crippen LogP contribution in [0.2, 0.25) is 0 Å². The number of rotatable bonds is 4. The number of para-hydroxylation sites is 1. The fraction of sp³-hybridized carbons (Fsp3) is 0.250. The molecule has 0 fully saturated rings. The zero-order chi connectivity index (χ0) is 12.3. The van der Waals surface area contributed by atoms with Gasteiger partial charge in [0.15, 0.2) is 0 Å². The molecule has 4 nitrogen and oxygen atoms in total. The van der Waals surface area contributed by atoms with E-state index in [2.05, 4.69) is 10.3 Å². The van der Waals surface area contributed by atoms with Crippen LogP contribution in [-0.2, 0) is 6.54 Å². The molecule has 2 aromatic rings. The summed E-state index contributed by atoms with van der Waals surface area (Å²) >= 11 is 0. The highest BCUT2D eigenvalue weighted by Gasteiger charge is 2.13. The Labute approximate surface area is 99.1 Å². The molecule has 0 saturated carbocycles. The Morgan fingerprint density at radius 3 is 2.88 bits per heavy atom. The molecule has 0 aliphatic carbocycles. The van der Waals surface area contributed by atoms with Crippen LogP contribution in [0, 0.1) is 5.82 Å². The molecule has 0 unspecified atom stereocenters. The van der Waals surface area contributed by atoms with Crippen molar-refractivity contribution in [2.75, 3.05) is 19.0 Å². The molecule has 1 aromatic carbocycles. The molecule has 1 aromatic heterocycles. The zero-order valence-corrected chi connectivity index (χ0v) is 9.77. The third-order valence-corrected chi connectivity index (χ3v) is 2.40. The van der Waals surface area contributed by atoms with Crippen LogP contribution in [0.4, 0.5) is 16.1 Å². The second-order valence-electron chi connectivity index (χ2n) is 3.66. The third kappa shape index (κ3) is 2.45. The van der Waals surface area contributed by atoms with Crippen molar-refractivity contribution in [2.45, 2.75) is 6.54 Å². The van der Waals surface area contributed by atoms with Crippen LogP contribution in [0.15, 0.2) is 34.9 Å². The number of nitrogens with one attached hydrogen (secondary N) is 1. The molecule has 0 radical (unpaired) electrons. The van der Waals surface area contributed by atoms with E-state index in [1.165, 1.54) is 6.07 Å². The first-order valence-electron chi connectivity index (χ1n) is 5.29. The summed E-state index contributed by atoms with van der Waals surface area (Å²) in [6.45, 7) is 0.620. The number of aromatic nitrogens is 1. The van der Waals surface area contributed by atoms with Crippen LogP contribution in [-0.4, -0.2) is 19.1 Å². The van der Waals surface area contributed by atoms with E-state index in [0.717, 1.165) is 5.69 Å². The van der Waals surface area contributed by atoms with E-state index in [9.17, 15) is 4.39 Å². The van der Waals surface area contributed by atoms with Crippen LogP contribution < -0.4 is 10.2 Å². The predicted molar refractivity (Wildman–Crippen MR) is 63.7 cm³/mol. The van der Waals surface area contributed by atoms with Gasteiger partial charge in [0.25, 0.3) is 0 Å². The van der Waals surface area contributed by atoms with Crippen molar-refractivity contribution in [3.05, 3.63) is 42.0 Å². The monoisotopic (exact) mass is 235 g/mol. The molecular formula is C12H14FN3O.